The monoisotopic (exact) mass is 518 g/mol. The highest BCUT2D eigenvalue weighted by atomic mass is 16.7. The molecule has 0 aliphatic heterocycles. The van der Waals surface area contributed by atoms with Gasteiger partial charge in [-0.05, 0) is 72.9 Å². The summed E-state index contributed by atoms with van der Waals surface area (Å²) < 4.78 is 15.5. The molecular formula is C30H34N2O6. The second-order valence-electron chi connectivity index (χ2n) is 9.78. The fraction of sp³-hybridized carbons (Fsp3) is 0.300. The normalized spacial score (nSPS) is 10.9. The molecule has 2 amide bonds. The molecule has 0 fully saturated rings. The third kappa shape index (κ3) is 8.37. The number of anilines is 1. The van der Waals surface area contributed by atoms with E-state index in [4.69, 9.17) is 14.2 Å². The second-order valence-corrected chi connectivity index (χ2v) is 9.78. The summed E-state index contributed by atoms with van der Waals surface area (Å²) in [6.07, 6.45) is -0.794. The van der Waals surface area contributed by atoms with Gasteiger partial charge in [-0.15, -0.1) is 0 Å². The van der Waals surface area contributed by atoms with Crippen LogP contribution in [0.15, 0.2) is 66.7 Å². The lowest BCUT2D eigenvalue weighted by molar-refractivity contribution is -0.118. The predicted molar refractivity (Wildman–Crippen MR) is 146 cm³/mol. The smallest absolute Gasteiger partial charge is 0.483 e. The molecule has 3 rings (SSSR count). The minimum atomic E-state index is -0.794. The number of hydrogen-bond donors (Lipinski definition) is 2. The molecule has 3 aromatic carbocycles. The molecule has 200 valence electrons. The highest BCUT2D eigenvalue weighted by molar-refractivity contribution is 5.94. The van der Waals surface area contributed by atoms with Crippen LogP contribution in [0.1, 0.15) is 54.7 Å². The van der Waals surface area contributed by atoms with Crippen LogP contribution in [-0.2, 0) is 21.5 Å². The van der Waals surface area contributed by atoms with Gasteiger partial charge in [0.25, 0.3) is 11.8 Å². The van der Waals surface area contributed by atoms with Crippen molar-refractivity contribution in [3.63, 3.8) is 0 Å². The van der Waals surface area contributed by atoms with Crippen LogP contribution in [0.5, 0.6) is 11.5 Å². The first-order valence-electron chi connectivity index (χ1n) is 12.4. The molecule has 0 aliphatic rings. The zero-order valence-electron chi connectivity index (χ0n) is 22.4. The molecule has 0 aliphatic carbocycles. The first-order valence-corrected chi connectivity index (χ1v) is 12.4. The number of carbonyl (C=O) groups excluding carboxylic acids is 3. The van der Waals surface area contributed by atoms with Gasteiger partial charge in [-0.25, -0.2) is 4.79 Å². The maximum Gasteiger partial charge on any atom is 0.513 e. The molecule has 2 N–H and O–H groups in total. The Kier molecular flexibility index (Phi) is 9.49. The number of ether oxygens (including phenoxy) is 3. The second kappa shape index (κ2) is 12.8. The average molecular weight is 519 g/mol. The van der Waals surface area contributed by atoms with Gasteiger partial charge in [-0.3, -0.25) is 9.59 Å². The molecule has 0 spiro atoms. The molecule has 38 heavy (non-hydrogen) atoms. The van der Waals surface area contributed by atoms with Gasteiger partial charge in [-0.1, -0.05) is 50.6 Å². The Morgan fingerprint density at radius 2 is 1.58 bits per heavy atom. The van der Waals surface area contributed by atoms with Crippen molar-refractivity contribution >= 4 is 23.7 Å². The number of carbonyl (C=O) groups is 3. The molecular weight excluding hydrogens is 484 g/mol. The first kappa shape index (κ1) is 28.2. The van der Waals surface area contributed by atoms with Gasteiger partial charge in [0.15, 0.2) is 6.61 Å². The van der Waals surface area contributed by atoms with Gasteiger partial charge in [0, 0.05) is 17.8 Å². The summed E-state index contributed by atoms with van der Waals surface area (Å²) in [7, 11) is 0. The van der Waals surface area contributed by atoms with Crippen molar-refractivity contribution in [2.75, 3.05) is 18.5 Å². The first-order chi connectivity index (χ1) is 18.0. The van der Waals surface area contributed by atoms with Gasteiger partial charge in [0.05, 0.1) is 6.61 Å². The van der Waals surface area contributed by atoms with Crippen molar-refractivity contribution in [3.05, 3.63) is 89.0 Å². The van der Waals surface area contributed by atoms with Crippen molar-refractivity contribution in [1.29, 1.82) is 0 Å². The van der Waals surface area contributed by atoms with Gasteiger partial charge >= 0.3 is 6.16 Å². The van der Waals surface area contributed by atoms with Crippen LogP contribution in [0.4, 0.5) is 10.5 Å². The standard InChI is InChI=1S/C30H34N2O6/c1-6-36-29(35)38-24-14-10-22(11-15-24)28(34)31-18-21-8-12-23(13-9-21)32-27(33)19-37-26-16-7-20(2)17-25(26)30(3,4)5/h7-17H,6,18-19H2,1-5H3,(H,31,34)(H,32,33). The van der Waals surface area contributed by atoms with Gasteiger partial charge in [0.1, 0.15) is 11.5 Å². The highest BCUT2D eigenvalue weighted by Gasteiger charge is 2.20. The van der Waals surface area contributed by atoms with E-state index in [1.807, 2.05) is 31.2 Å². The molecule has 8 heteroatoms. The molecule has 0 heterocycles. The maximum absolute atomic E-state index is 12.5. The SMILES string of the molecule is CCOC(=O)Oc1ccc(C(=O)NCc2ccc(NC(=O)COc3ccc(C)cc3C(C)(C)C)cc2)cc1. The number of amides is 2. The lowest BCUT2D eigenvalue weighted by atomic mass is 9.85. The molecule has 0 aromatic heterocycles. The molecule has 3 aromatic rings. The Labute approximate surface area is 223 Å². The minimum absolute atomic E-state index is 0.104. The third-order valence-corrected chi connectivity index (χ3v) is 5.57. The van der Waals surface area contributed by atoms with E-state index in [0.717, 1.165) is 16.7 Å². The lowest BCUT2D eigenvalue weighted by Gasteiger charge is -2.23. The van der Waals surface area contributed by atoms with E-state index >= 15 is 0 Å². The van der Waals surface area contributed by atoms with Crippen LogP contribution in [0, 0.1) is 6.92 Å². The number of hydrogen-bond acceptors (Lipinski definition) is 6. The summed E-state index contributed by atoms with van der Waals surface area (Å²) in [5.74, 6) is 0.455. The summed E-state index contributed by atoms with van der Waals surface area (Å²) in [5, 5.41) is 5.67. The molecule has 0 saturated heterocycles. The summed E-state index contributed by atoms with van der Waals surface area (Å²) in [6, 6.07) is 19.3. The van der Waals surface area contributed by atoms with Crippen molar-refractivity contribution in [2.45, 2.75) is 46.6 Å². The lowest BCUT2D eigenvalue weighted by Crippen LogP contribution is -2.23. The zero-order valence-corrected chi connectivity index (χ0v) is 22.4. The number of nitrogens with one attached hydrogen (secondary N) is 2. The quantitative estimate of drug-likeness (QED) is 0.275. The Morgan fingerprint density at radius 1 is 0.895 bits per heavy atom. The Morgan fingerprint density at radius 3 is 2.21 bits per heavy atom. The zero-order chi connectivity index (χ0) is 27.7. The van der Waals surface area contributed by atoms with Gasteiger partial charge in [0.2, 0.25) is 0 Å². The van der Waals surface area contributed by atoms with E-state index in [1.165, 1.54) is 12.1 Å². The van der Waals surface area contributed by atoms with E-state index in [1.54, 1.807) is 31.2 Å². The highest BCUT2D eigenvalue weighted by Crippen LogP contribution is 2.32. The van der Waals surface area contributed by atoms with Crippen molar-refractivity contribution < 1.29 is 28.6 Å². The van der Waals surface area contributed by atoms with Crippen molar-refractivity contribution in [2.24, 2.45) is 0 Å². The van der Waals surface area contributed by atoms with Crippen LogP contribution in [0.3, 0.4) is 0 Å². The summed E-state index contributed by atoms with van der Waals surface area (Å²) in [5.41, 5.74) is 4.01. The maximum atomic E-state index is 12.5. The summed E-state index contributed by atoms with van der Waals surface area (Å²) >= 11 is 0. The Bertz CT molecular complexity index is 1260. The fourth-order valence-corrected chi connectivity index (χ4v) is 3.60. The van der Waals surface area contributed by atoms with E-state index in [2.05, 4.69) is 37.5 Å². The van der Waals surface area contributed by atoms with Crippen LogP contribution in [0.25, 0.3) is 0 Å². The molecule has 0 saturated carbocycles. The largest absolute Gasteiger partial charge is 0.513 e. The number of rotatable bonds is 9. The molecule has 8 nitrogen and oxygen atoms in total. The predicted octanol–water partition coefficient (Wildman–Crippen LogP) is 5.78. The van der Waals surface area contributed by atoms with E-state index in [9.17, 15) is 14.4 Å². The van der Waals surface area contributed by atoms with Gasteiger partial charge in [-0.2, -0.15) is 0 Å². The molecule has 0 bridgehead atoms. The van der Waals surface area contributed by atoms with Crippen LogP contribution >= 0.6 is 0 Å². The average Bonchev–Trinajstić information content (AvgIpc) is 2.87. The third-order valence-electron chi connectivity index (χ3n) is 5.57. The number of benzene rings is 3. The molecule has 0 radical (unpaired) electrons. The van der Waals surface area contributed by atoms with Crippen molar-refractivity contribution in [3.8, 4) is 11.5 Å². The summed E-state index contributed by atoms with van der Waals surface area (Å²) in [4.78, 5) is 36.3. The fourth-order valence-electron chi connectivity index (χ4n) is 3.60. The van der Waals surface area contributed by atoms with Crippen LogP contribution in [0.2, 0.25) is 0 Å². The van der Waals surface area contributed by atoms with E-state index in [-0.39, 0.29) is 36.2 Å². The van der Waals surface area contributed by atoms with E-state index in [0.29, 0.717) is 23.5 Å². The molecule has 0 unspecified atom stereocenters. The van der Waals surface area contributed by atoms with Crippen LogP contribution in [-0.4, -0.2) is 31.2 Å². The number of aryl methyl sites for hydroxylation is 1. The summed E-state index contributed by atoms with van der Waals surface area (Å²) in [6.45, 7) is 10.5. The minimum Gasteiger partial charge on any atom is -0.483 e. The Balaban J connectivity index is 1.48. The van der Waals surface area contributed by atoms with Crippen molar-refractivity contribution in [1.82, 2.24) is 5.32 Å². The molecule has 0 atom stereocenters. The van der Waals surface area contributed by atoms with Gasteiger partial charge < -0.3 is 24.8 Å². The Hall–Kier alpha value is -4.33. The topological polar surface area (TPSA) is 103 Å². The van der Waals surface area contributed by atoms with E-state index < -0.39 is 6.16 Å². The van der Waals surface area contributed by atoms with Crippen LogP contribution < -0.4 is 20.1 Å².